The summed E-state index contributed by atoms with van der Waals surface area (Å²) < 4.78 is 16.0. The second kappa shape index (κ2) is 3.99. The molecule has 3 aromatic rings. The summed E-state index contributed by atoms with van der Waals surface area (Å²) in [6.45, 7) is 1.75. The van der Waals surface area contributed by atoms with Crippen LogP contribution in [0.15, 0.2) is 36.5 Å². The Kier molecular flexibility index (Phi) is 2.33. The van der Waals surface area contributed by atoms with E-state index in [1.54, 1.807) is 19.1 Å². The molecule has 0 saturated heterocycles. The van der Waals surface area contributed by atoms with Gasteiger partial charge >= 0.3 is 5.76 Å². The molecule has 0 saturated carbocycles. The normalized spacial score (nSPS) is 10.9. The average molecular weight is 248 g/mol. The van der Waals surface area contributed by atoms with Gasteiger partial charge in [0.2, 0.25) is 5.89 Å². The van der Waals surface area contributed by atoms with Gasteiger partial charge in [-0.15, -0.1) is 5.10 Å². The third-order valence-corrected chi connectivity index (χ3v) is 2.19. The van der Waals surface area contributed by atoms with Gasteiger partial charge in [-0.2, -0.15) is 9.67 Å². The number of rotatable bonds is 3. The third kappa shape index (κ3) is 1.83. The fourth-order valence-corrected chi connectivity index (χ4v) is 1.44. The SMILES string of the molecule is Cc1noc(Cn2nc(-c3ccco3)oc2=O)n1. The molecule has 92 valence electrons. The largest absolute Gasteiger partial charge is 0.459 e. The summed E-state index contributed by atoms with van der Waals surface area (Å²) in [5, 5.41) is 7.59. The summed E-state index contributed by atoms with van der Waals surface area (Å²) in [6, 6.07) is 3.32. The molecule has 0 amide bonds. The molecule has 0 aliphatic heterocycles. The fraction of sp³-hybridized carbons (Fsp3) is 0.200. The second-order valence-corrected chi connectivity index (χ2v) is 3.54. The van der Waals surface area contributed by atoms with E-state index in [2.05, 4.69) is 15.2 Å². The van der Waals surface area contributed by atoms with E-state index in [0.717, 1.165) is 4.68 Å². The summed E-state index contributed by atoms with van der Waals surface area (Å²) in [6.07, 6.45) is 1.47. The molecule has 0 fully saturated rings. The molecule has 3 rings (SSSR count). The maximum atomic E-state index is 11.5. The van der Waals surface area contributed by atoms with Gasteiger partial charge in [0.05, 0.1) is 6.26 Å². The van der Waals surface area contributed by atoms with Gasteiger partial charge in [-0.05, 0) is 19.1 Å². The van der Waals surface area contributed by atoms with Gasteiger partial charge in [-0.25, -0.2) is 4.79 Å². The second-order valence-electron chi connectivity index (χ2n) is 3.54. The first-order valence-electron chi connectivity index (χ1n) is 5.13. The van der Waals surface area contributed by atoms with Crippen molar-refractivity contribution >= 4 is 0 Å². The molecule has 0 spiro atoms. The number of aromatic nitrogens is 4. The number of aryl methyl sites for hydroxylation is 1. The quantitative estimate of drug-likeness (QED) is 0.676. The predicted molar refractivity (Wildman–Crippen MR) is 56.6 cm³/mol. The molecule has 8 heteroatoms. The predicted octanol–water partition coefficient (Wildman–Crippen LogP) is 0.836. The first-order valence-corrected chi connectivity index (χ1v) is 5.13. The topological polar surface area (TPSA) is 100 Å². The first kappa shape index (κ1) is 10.5. The standard InChI is InChI=1S/C10H8N4O4/c1-6-11-8(18-13-6)5-14-10(15)17-9(12-14)7-3-2-4-16-7/h2-4H,5H2,1H3. The van der Waals surface area contributed by atoms with Gasteiger partial charge in [0.25, 0.3) is 5.89 Å². The summed E-state index contributed by atoms with van der Waals surface area (Å²) >= 11 is 0. The Hall–Kier alpha value is -2.64. The van der Waals surface area contributed by atoms with Crippen LogP contribution in [0.5, 0.6) is 0 Å². The highest BCUT2D eigenvalue weighted by Gasteiger charge is 2.14. The van der Waals surface area contributed by atoms with Crippen molar-refractivity contribution in [2.75, 3.05) is 0 Å². The maximum absolute atomic E-state index is 11.5. The van der Waals surface area contributed by atoms with Crippen molar-refractivity contribution in [3.8, 4) is 11.7 Å². The van der Waals surface area contributed by atoms with Crippen LogP contribution in [0, 0.1) is 6.92 Å². The Balaban J connectivity index is 1.92. The molecule has 0 aromatic carbocycles. The molecule has 0 aliphatic carbocycles. The lowest BCUT2D eigenvalue weighted by Gasteiger charge is -1.90. The lowest BCUT2D eigenvalue weighted by Crippen LogP contribution is -2.16. The van der Waals surface area contributed by atoms with Gasteiger partial charge in [0.15, 0.2) is 11.6 Å². The van der Waals surface area contributed by atoms with Crippen molar-refractivity contribution in [3.05, 3.63) is 40.7 Å². The molecule has 0 N–H and O–H groups in total. The van der Waals surface area contributed by atoms with E-state index in [1.165, 1.54) is 6.26 Å². The van der Waals surface area contributed by atoms with Crippen LogP contribution in [-0.4, -0.2) is 19.9 Å². The van der Waals surface area contributed by atoms with Crippen molar-refractivity contribution in [1.29, 1.82) is 0 Å². The Morgan fingerprint density at radius 1 is 1.44 bits per heavy atom. The van der Waals surface area contributed by atoms with E-state index in [1.807, 2.05) is 0 Å². The van der Waals surface area contributed by atoms with Gasteiger partial charge in [0.1, 0.15) is 6.54 Å². The zero-order valence-electron chi connectivity index (χ0n) is 9.36. The smallest absolute Gasteiger partial charge is 0.437 e. The molecule has 0 bridgehead atoms. The Morgan fingerprint density at radius 3 is 3.00 bits per heavy atom. The van der Waals surface area contributed by atoms with Crippen LogP contribution in [0.2, 0.25) is 0 Å². The van der Waals surface area contributed by atoms with Crippen LogP contribution in [0.25, 0.3) is 11.7 Å². The molecule has 3 heterocycles. The molecule has 0 radical (unpaired) electrons. The highest BCUT2D eigenvalue weighted by Crippen LogP contribution is 2.15. The van der Waals surface area contributed by atoms with E-state index >= 15 is 0 Å². The van der Waals surface area contributed by atoms with Gasteiger partial charge < -0.3 is 13.4 Å². The minimum Gasteiger partial charge on any atom is -0.459 e. The van der Waals surface area contributed by atoms with Gasteiger partial charge in [-0.1, -0.05) is 5.16 Å². The number of furan rings is 1. The van der Waals surface area contributed by atoms with Crippen LogP contribution >= 0.6 is 0 Å². The first-order chi connectivity index (χ1) is 8.72. The molecular weight excluding hydrogens is 240 g/mol. The van der Waals surface area contributed by atoms with E-state index in [9.17, 15) is 4.79 Å². The summed E-state index contributed by atoms with van der Waals surface area (Å²) in [5.74, 6) is 0.660. The molecular formula is C10H8N4O4. The molecule has 8 nitrogen and oxygen atoms in total. The van der Waals surface area contributed by atoms with E-state index in [-0.39, 0.29) is 18.3 Å². The van der Waals surface area contributed by atoms with Crippen molar-refractivity contribution < 1.29 is 13.4 Å². The lowest BCUT2D eigenvalue weighted by atomic mass is 10.5. The lowest BCUT2D eigenvalue weighted by molar-refractivity contribution is 0.357. The van der Waals surface area contributed by atoms with E-state index < -0.39 is 5.76 Å². The zero-order valence-corrected chi connectivity index (χ0v) is 9.36. The van der Waals surface area contributed by atoms with E-state index in [4.69, 9.17) is 13.4 Å². The minimum absolute atomic E-state index is 0.0594. The zero-order chi connectivity index (χ0) is 12.5. The number of hydrogen-bond donors (Lipinski definition) is 0. The van der Waals surface area contributed by atoms with Crippen LogP contribution in [0.1, 0.15) is 11.7 Å². The minimum atomic E-state index is -0.614. The highest BCUT2D eigenvalue weighted by molar-refractivity contribution is 5.42. The van der Waals surface area contributed by atoms with Gasteiger partial charge in [0, 0.05) is 0 Å². The van der Waals surface area contributed by atoms with Crippen molar-refractivity contribution in [1.82, 2.24) is 19.9 Å². The maximum Gasteiger partial charge on any atom is 0.437 e. The van der Waals surface area contributed by atoms with Crippen LogP contribution < -0.4 is 5.76 Å². The fourth-order valence-electron chi connectivity index (χ4n) is 1.44. The summed E-state index contributed by atoms with van der Waals surface area (Å²) in [4.78, 5) is 15.5. The molecule has 0 aliphatic rings. The van der Waals surface area contributed by atoms with Crippen molar-refractivity contribution in [2.24, 2.45) is 0 Å². The Bertz CT molecular complexity index is 706. The molecule has 3 aromatic heterocycles. The van der Waals surface area contributed by atoms with Crippen LogP contribution in [0.3, 0.4) is 0 Å². The Morgan fingerprint density at radius 2 is 2.33 bits per heavy atom. The average Bonchev–Trinajstić information content (AvgIpc) is 3.02. The highest BCUT2D eigenvalue weighted by atomic mass is 16.5. The number of nitrogens with zero attached hydrogens (tertiary/aromatic N) is 4. The van der Waals surface area contributed by atoms with Crippen LogP contribution in [0.4, 0.5) is 0 Å². The van der Waals surface area contributed by atoms with Crippen molar-refractivity contribution in [3.63, 3.8) is 0 Å². The number of hydrogen-bond acceptors (Lipinski definition) is 7. The summed E-state index contributed by atoms with van der Waals surface area (Å²) in [7, 11) is 0. The van der Waals surface area contributed by atoms with E-state index in [0.29, 0.717) is 11.6 Å². The molecule has 18 heavy (non-hydrogen) atoms. The third-order valence-electron chi connectivity index (χ3n) is 2.19. The van der Waals surface area contributed by atoms with Gasteiger partial charge in [-0.3, -0.25) is 0 Å². The Labute approximate surface area is 99.8 Å². The molecule has 0 unspecified atom stereocenters. The summed E-state index contributed by atoms with van der Waals surface area (Å²) in [5.41, 5.74) is 0. The molecule has 0 atom stereocenters. The van der Waals surface area contributed by atoms with Crippen molar-refractivity contribution in [2.45, 2.75) is 13.5 Å². The van der Waals surface area contributed by atoms with Crippen LogP contribution in [-0.2, 0) is 6.54 Å². The monoisotopic (exact) mass is 248 g/mol.